The number of anilines is 1. The molecule has 8 nitrogen and oxygen atoms in total. The van der Waals surface area contributed by atoms with Crippen molar-refractivity contribution < 1.29 is 19.1 Å². The molecule has 8 heteroatoms. The summed E-state index contributed by atoms with van der Waals surface area (Å²) >= 11 is 0. The third-order valence-corrected chi connectivity index (χ3v) is 5.23. The average Bonchev–Trinajstić information content (AvgIpc) is 3.41. The van der Waals surface area contributed by atoms with Gasteiger partial charge < -0.3 is 25.4 Å². The minimum atomic E-state index is -0.725. The number of benzene rings is 1. The molecule has 1 saturated heterocycles. The molecular formula is C25H36N4O4. The van der Waals surface area contributed by atoms with Crippen LogP contribution in [0.4, 0.5) is 5.82 Å². The van der Waals surface area contributed by atoms with Crippen molar-refractivity contribution in [3.05, 3.63) is 53.7 Å². The molecule has 33 heavy (non-hydrogen) atoms. The van der Waals surface area contributed by atoms with Gasteiger partial charge in [-0.1, -0.05) is 32.0 Å². The second-order valence-electron chi connectivity index (χ2n) is 7.44. The number of hydrogen-bond acceptors (Lipinski definition) is 7. The molecular weight excluding hydrogens is 420 g/mol. The fourth-order valence-electron chi connectivity index (χ4n) is 3.51. The summed E-state index contributed by atoms with van der Waals surface area (Å²) in [7, 11) is 3.17. The van der Waals surface area contributed by atoms with Crippen LogP contribution >= 0.6 is 0 Å². The molecule has 1 aliphatic rings. The van der Waals surface area contributed by atoms with E-state index in [0.717, 1.165) is 42.2 Å². The molecule has 1 aromatic heterocycles. The van der Waals surface area contributed by atoms with Crippen molar-refractivity contribution in [3.8, 4) is 5.75 Å². The van der Waals surface area contributed by atoms with Crippen molar-refractivity contribution in [2.24, 2.45) is 0 Å². The first-order valence-corrected chi connectivity index (χ1v) is 11.6. The van der Waals surface area contributed by atoms with Crippen LogP contribution in [0.2, 0.25) is 0 Å². The van der Waals surface area contributed by atoms with Crippen LogP contribution in [0.5, 0.6) is 5.75 Å². The third-order valence-electron chi connectivity index (χ3n) is 5.23. The van der Waals surface area contributed by atoms with Gasteiger partial charge in [-0.05, 0) is 49.2 Å². The fourth-order valence-corrected chi connectivity index (χ4v) is 3.51. The van der Waals surface area contributed by atoms with Crippen LogP contribution in [0.25, 0.3) is 0 Å². The Morgan fingerprint density at radius 1 is 1.18 bits per heavy atom. The van der Waals surface area contributed by atoms with Gasteiger partial charge in [-0.2, -0.15) is 0 Å². The first-order chi connectivity index (χ1) is 16.1. The minimum Gasteiger partial charge on any atom is -0.493 e. The normalized spacial score (nSPS) is 15.6. The number of carbonyl (C=O) groups excluding carboxylic acids is 2. The van der Waals surface area contributed by atoms with Gasteiger partial charge in [0.25, 0.3) is 0 Å². The summed E-state index contributed by atoms with van der Waals surface area (Å²) in [6.45, 7) is 5.33. The highest BCUT2D eigenvalue weighted by atomic mass is 16.5. The minimum absolute atomic E-state index is 0.163. The molecule has 2 atom stereocenters. The van der Waals surface area contributed by atoms with Gasteiger partial charge in [0.15, 0.2) is 0 Å². The van der Waals surface area contributed by atoms with E-state index in [1.165, 1.54) is 7.11 Å². The summed E-state index contributed by atoms with van der Waals surface area (Å²) in [5.41, 5.74) is 1.86. The Kier molecular flexibility index (Phi) is 11.2. The van der Waals surface area contributed by atoms with Gasteiger partial charge in [0.2, 0.25) is 5.91 Å². The number of ether oxygens (including phenoxy) is 2. The molecule has 0 bridgehead atoms. The summed E-state index contributed by atoms with van der Waals surface area (Å²) in [5, 5.41) is 8.98. The third kappa shape index (κ3) is 8.38. The first kappa shape index (κ1) is 26.1. The highest BCUT2D eigenvalue weighted by Crippen LogP contribution is 2.15. The van der Waals surface area contributed by atoms with Gasteiger partial charge in [0.05, 0.1) is 19.8 Å². The number of hydrogen-bond donors (Lipinski definition) is 3. The van der Waals surface area contributed by atoms with Gasteiger partial charge >= 0.3 is 5.97 Å². The Labute approximate surface area is 196 Å². The van der Waals surface area contributed by atoms with Gasteiger partial charge in [-0.15, -0.1) is 0 Å². The number of pyridine rings is 1. The molecule has 1 aliphatic heterocycles. The highest BCUT2D eigenvalue weighted by molar-refractivity contribution is 5.87. The molecule has 3 N–H and O–H groups in total. The van der Waals surface area contributed by atoms with E-state index in [0.29, 0.717) is 19.4 Å². The number of methoxy groups -OCH3 is 1. The van der Waals surface area contributed by atoms with E-state index in [2.05, 4.69) is 20.9 Å². The molecule has 2 unspecified atom stereocenters. The van der Waals surface area contributed by atoms with Crippen LogP contribution in [0.3, 0.4) is 0 Å². The molecule has 1 amide bonds. The molecule has 0 aliphatic carbocycles. The van der Waals surface area contributed by atoms with Crippen LogP contribution in [-0.2, 0) is 27.2 Å². The van der Waals surface area contributed by atoms with Gasteiger partial charge in [0.1, 0.15) is 17.6 Å². The highest BCUT2D eigenvalue weighted by Gasteiger charge is 2.28. The van der Waals surface area contributed by atoms with E-state index in [9.17, 15) is 9.59 Å². The second kappa shape index (κ2) is 14.1. The number of esters is 1. The predicted molar refractivity (Wildman–Crippen MR) is 129 cm³/mol. The Morgan fingerprint density at radius 3 is 2.58 bits per heavy atom. The van der Waals surface area contributed by atoms with E-state index in [4.69, 9.17) is 9.47 Å². The number of amides is 1. The molecule has 0 saturated carbocycles. The molecule has 3 rings (SSSR count). The van der Waals surface area contributed by atoms with Gasteiger partial charge in [-0.25, -0.2) is 9.78 Å². The predicted octanol–water partition coefficient (Wildman–Crippen LogP) is 2.72. The number of nitrogens with zero attached hydrogens (tertiary/aromatic N) is 1. The molecule has 0 spiro atoms. The smallest absolute Gasteiger partial charge is 0.328 e. The lowest BCUT2D eigenvalue weighted by Crippen LogP contribution is -2.49. The van der Waals surface area contributed by atoms with E-state index in [-0.39, 0.29) is 11.9 Å². The van der Waals surface area contributed by atoms with Crippen LogP contribution in [0, 0.1) is 0 Å². The van der Waals surface area contributed by atoms with E-state index in [1.54, 1.807) is 0 Å². The van der Waals surface area contributed by atoms with E-state index < -0.39 is 12.0 Å². The zero-order chi connectivity index (χ0) is 24.1. The molecule has 1 aromatic carbocycles. The van der Waals surface area contributed by atoms with Crippen molar-refractivity contribution >= 4 is 17.7 Å². The topological polar surface area (TPSA) is 102 Å². The first-order valence-electron chi connectivity index (χ1n) is 11.6. The van der Waals surface area contributed by atoms with Crippen molar-refractivity contribution in [1.82, 2.24) is 15.6 Å². The van der Waals surface area contributed by atoms with Crippen LogP contribution in [0.1, 0.15) is 37.9 Å². The summed E-state index contributed by atoms with van der Waals surface area (Å²) in [6, 6.07) is 12.4. The maximum Gasteiger partial charge on any atom is 0.328 e. The second-order valence-corrected chi connectivity index (χ2v) is 7.44. The lowest BCUT2D eigenvalue weighted by molar-refractivity contribution is -0.145. The Morgan fingerprint density at radius 2 is 1.94 bits per heavy atom. The Balaban J connectivity index is 0.00000187. The number of nitrogens with one attached hydrogen (secondary N) is 3. The van der Waals surface area contributed by atoms with Crippen molar-refractivity contribution in [1.29, 1.82) is 0 Å². The molecule has 180 valence electrons. The molecule has 2 aromatic rings. The lowest BCUT2D eigenvalue weighted by Gasteiger charge is -2.19. The van der Waals surface area contributed by atoms with Crippen LogP contribution in [0.15, 0.2) is 42.5 Å². The number of rotatable bonds is 10. The summed E-state index contributed by atoms with van der Waals surface area (Å²) in [6.07, 6.45) is 2.79. The monoisotopic (exact) mass is 456 g/mol. The Hall–Kier alpha value is -3.13. The number of carbonyl (C=O) groups is 2. The van der Waals surface area contributed by atoms with Gasteiger partial charge in [-0.3, -0.25) is 4.79 Å². The molecule has 1 fully saturated rings. The SMILES string of the molecule is CC.CNc1cccc(CCOc2ccc(CC(NC(=O)C3CCCN3)C(=O)OC)cc2)n1. The lowest BCUT2D eigenvalue weighted by atomic mass is 10.0. The van der Waals surface area contributed by atoms with Crippen molar-refractivity contribution in [2.45, 2.75) is 51.6 Å². The summed E-state index contributed by atoms with van der Waals surface area (Å²) < 4.78 is 10.7. The molecule has 2 heterocycles. The quantitative estimate of drug-likeness (QED) is 0.473. The number of aromatic nitrogens is 1. The average molecular weight is 457 g/mol. The van der Waals surface area contributed by atoms with Crippen molar-refractivity contribution in [2.75, 3.05) is 32.6 Å². The Bertz CT molecular complexity index is 867. The maximum atomic E-state index is 12.4. The van der Waals surface area contributed by atoms with Crippen molar-refractivity contribution in [3.63, 3.8) is 0 Å². The zero-order valence-electron chi connectivity index (χ0n) is 20.0. The molecule has 0 radical (unpaired) electrons. The van der Waals surface area contributed by atoms with Crippen LogP contribution in [-0.4, -0.2) is 56.3 Å². The standard InChI is InChI=1S/C23H30N4O4.C2H6/c1-24-21-7-3-5-17(26-21)12-14-31-18-10-8-16(9-11-18)15-20(23(29)30-2)27-22(28)19-6-4-13-25-19;1-2/h3,5,7-11,19-20,25H,4,6,12-15H2,1-2H3,(H,24,26)(H,27,28);1-2H3. The van der Waals surface area contributed by atoms with E-state index in [1.807, 2.05) is 63.4 Å². The van der Waals surface area contributed by atoms with Gasteiger partial charge in [0, 0.05) is 25.6 Å². The fraction of sp³-hybridized carbons (Fsp3) is 0.480. The van der Waals surface area contributed by atoms with E-state index >= 15 is 0 Å². The van der Waals surface area contributed by atoms with Crippen LogP contribution < -0.4 is 20.7 Å². The zero-order valence-corrected chi connectivity index (χ0v) is 20.0. The summed E-state index contributed by atoms with van der Waals surface area (Å²) in [4.78, 5) is 29.0. The maximum absolute atomic E-state index is 12.4. The summed E-state index contributed by atoms with van der Waals surface area (Å²) in [5.74, 6) is 0.951. The largest absolute Gasteiger partial charge is 0.493 e.